The first-order valence-corrected chi connectivity index (χ1v) is 26.4. The molecule has 3 heteroatoms. The number of benzene rings is 12. The van der Waals surface area contributed by atoms with Crippen LogP contribution in [-0.2, 0) is 5.41 Å². The summed E-state index contributed by atoms with van der Waals surface area (Å²) in [5.74, 6) is 0. The van der Waals surface area contributed by atoms with Crippen LogP contribution in [-0.4, -0.2) is 9.13 Å². The maximum atomic E-state index is 2.48. The van der Waals surface area contributed by atoms with Gasteiger partial charge in [-0.2, -0.15) is 0 Å². The molecule has 0 unspecified atom stereocenters. The number of aromatic nitrogens is 2. The van der Waals surface area contributed by atoms with Gasteiger partial charge in [0.1, 0.15) is 0 Å². The lowest BCUT2D eigenvalue weighted by Gasteiger charge is -2.30. The van der Waals surface area contributed by atoms with E-state index in [0.717, 1.165) is 28.4 Å². The molecule has 0 atom stereocenters. The summed E-state index contributed by atoms with van der Waals surface area (Å²) >= 11 is 0. The SMILES string of the molecule is CC1(C)c2cc(-c3ccc4c5ccccc5n(-c5ccccc5)c4c3)ccc2-c2ccc(N(c3ccc(-c4ccc(-c5ccccc5)cc4)cc3)c3ccc(-n4c5ccccc5c5ccccc54)c4ccccc34)cc21. The second-order valence-electron chi connectivity index (χ2n) is 20.9. The normalized spacial score (nSPS) is 12.7. The summed E-state index contributed by atoms with van der Waals surface area (Å²) in [5, 5.41) is 7.40. The zero-order chi connectivity index (χ0) is 50.5. The van der Waals surface area contributed by atoms with Crippen LogP contribution in [0.5, 0.6) is 0 Å². The smallest absolute Gasteiger partial charge is 0.0547 e. The van der Waals surface area contributed by atoms with Crippen LogP contribution in [0.1, 0.15) is 25.0 Å². The first kappa shape index (κ1) is 43.8. The van der Waals surface area contributed by atoms with Gasteiger partial charge in [0, 0.05) is 54.8 Å². The van der Waals surface area contributed by atoms with Crippen molar-refractivity contribution in [3.63, 3.8) is 0 Å². The zero-order valence-electron chi connectivity index (χ0n) is 42.3. The lowest BCUT2D eigenvalue weighted by Crippen LogP contribution is -2.17. The van der Waals surface area contributed by atoms with E-state index in [-0.39, 0.29) is 5.41 Å². The summed E-state index contributed by atoms with van der Waals surface area (Å²) in [6.45, 7) is 4.81. The number of nitrogens with zero attached hydrogens (tertiary/aromatic N) is 3. The molecule has 0 fully saturated rings. The molecule has 358 valence electrons. The van der Waals surface area contributed by atoms with Crippen molar-refractivity contribution in [1.82, 2.24) is 9.13 Å². The Balaban J connectivity index is 0.858. The largest absolute Gasteiger partial charge is 0.310 e. The van der Waals surface area contributed by atoms with Gasteiger partial charge >= 0.3 is 0 Å². The fraction of sp³-hybridized carbons (Fsp3) is 0.0411. The van der Waals surface area contributed by atoms with Crippen molar-refractivity contribution in [3.05, 3.63) is 284 Å². The number of fused-ring (bicyclic) bond motifs is 10. The summed E-state index contributed by atoms with van der Waals surface area (Å²) in [4.78, 5) is 2.48. The van der Waals surface area contributed by atoms with Crippen molar-refractivity contribution in [3.8, 4) is 55.9 Å². The van der Waals surface area contributed by atoms with E-state index >= 15 is 0 Å². The third-order valence-electron chi connectivity index (χ3n) is 16.3. The molecule has 0 saturated heterocycles. The van der Waals surface area contributed by atoms with E-state index in [1.807, 2.05) is 0 Å². The summed E-state index contributed by atoms with van der Waals surface area (Å²) in [6, 6.07) is 101. The minimum atomic E-state index is -0.274. The molecule has 0 saturated carbocycles. The standard InChI is InChI=1S/C73H51N3/c1-73(2)65-45-52(53-36-41-64-63-25-11-14-26-67(63)75(72(64)46-53)54-19-7-4-8-20-54)35-40-57(65)58-42-39-56(47-66(58)73)74(55-37-33-51(34-38-55)50-31-29-49(30-32-50)48-17-5-3-6-18-48)70-43-44-71(62-22-10-9-21-61(62)70)76-68-27-15-12-23-59(68)60-24-13-16-28-69(60)76/h3-47H,1-2H3. The number of hydrogen-bond donors (Lipinski definition) is 0. The monoisotopic (exact) mass is 969 g/mol. The Morgan fingerprint density at radius 2 is 0.724 bits per heavy atom. The van der Waals surface area contributed by atoms with Crippen molar-refractivity contribution in [2.45, 2.75) is 19.3 Å². The summed E-state index contributed by atoms with van der Waals surface area (Å²) < 4.78 is 4.86. The van der Waals surface area contributed by atoms with Crippen LogP contribution in [0, 0.1) is 0 Å². The molecule has 0 N–H and O–H groups in total. The molecule has 0 radical (unpaired) electrons. The van der Waals surface area contributed by atoms with Gasteiger partial charge in [0.05, 0.1) is 33.4 Å². The van der Waals surface area contributed by atoms with E-state index < -0.39 is 0 Å². The predicted octanol–water partition coefficient (Wildman–Crippen LogP) is 19.8. The molecule has 2 heterocycles. The molecule has 14 aromatic rings. The molecular formula is C73H51N3. The van der Waals surface area contributed by atoms with Crippen LogP contribution in [0.15, 0.2) is 273 Å². The highest BCUT2D eigenvalue weighted by Crippen LogP contribution is 2.53. The van der Waals surface area contributed by atoms with Crippen LogP contribution in [0.25, 0.3) is 110 Å². The minimum absolute atomic E-state index is 0.274. The second-order valence-corrected chi connectivity index (χ2v) is 20.9. The molecule has 3 nitrogen and oxygen atoms in total. The highest BCUT2D eigenvalue weighted by atomic mass is 15.1. The average molecular weight is 970 g/mol. The zero-order valence-corrected chi connectivity index (χ0v) is 42.3. The first-order chi connectivity index (χ1) is 37.5. The molecule has 1 aliphatic carbocycles. The Kier molecular flexibility index (Phi) is 9.92. The Hall–Kier alpha value is -9.70. The molecule has 0 amide bonds. The van der Waals surface area contributed by atoms with E-state index in [2.05, 4.69) is 301 Å². The second kappa shape index (κ2) is 17.2. The third-order valence-corrected chi connectivity index (χ3v) is 16.3. The molecule has 12 aromatic carbocycles. The first-order valence-electron chi connectivity index (χ1n) is 26.4. The van der Waals surface area contributed by atoms with Gasteiger partial charge in [-0.15, -0.1) is 0 Å². The molecule has 15 rings (SSSR count). The molecular weight excluding hydrogens is 919 g/mol. The van der Waals surface area contributed by atoms with Crippen molar-refractivity contribution in [2.24, 2.45) is 0 Å². The van der Waals surface area contributed by atoms with Gasteiger partial charge in [-0.1, -0.05) is 208 Å². The summed E-state index contributed by atoms with van der Waals surface area (Å²) in [6.07, 6.45) is 0. The van der Waals surface area contributed by atoms with E-state index in [9.17, 15) is 0 Å². The molecule has 76 heavy (non-hydrogen) atoms. The van der Waals surface area contributed by atoms with Crippen molar-refractivity contribution in [2.75, 3.05) is 4.90 Å². The average Bonchev–Trinajstić information content (AvgIpc) is 4.15. The lowest BCUT2D eigenvalue weighted by molar-refractivity contribution is 0.660. The number of para-hydroxylation sites is 4. The molecule has 0 aliphatic heterocycles. The Morgan fingerprint density at radius 1 is 0.289 bits per heavy atom. The number of hydrogen-bond acceptors (Lipinski definition) is 1. The van der Waals surface area contributed by atoms with Crippen LogP contribution in [0.3, 0.4) is 0 Å². The highest BCUT2D eigenvalue weighted by Gasteiger charge is 2.37. The lowest BCUT2D eigenvalue weighted by atomic mass is 9.81. The van der Waals surface area contributed by atoms with Gasteiger partial charge in [-0.25, -0.2) is 0 Å². The molecule has 2 aromatic heterocycles. The van der Waals surface area contributed by atoms with E-state index in [0.29, 0.717) is 0 Å². The maximum Gasteiger partial charge on any atom is 0.0547 e. The topological polar surface area (TPSA) is 13.1 Å². The van der Waals surface area contributed by atoms with Crippen molar-refractivity contribution >= 4 is 71.4 Å². The van der Waals surface area contributed by atoms with Crippen LogP contribution in [0.4, 0.5) is 17.1 Å². The Bertz CT molecular complexity index is 4520. The van der Waals surface area contributed by atoms with Crippen LogP contribution >= 0.6 is 0 Å². The van der Waals surface area contributed by atoms with Gasteiger partial charge in [0.15, 0.2) is 0 Å². The number of rotatable bonds is 8. The van der Waals surface area contributed by atoms with Crippen LogP contribution in [0.2, 0.25) is 0 Å². The fourth-order valence-corrected chi connectivity index (χ4v) is 12.6. The molecule has 1 aliphatic rings. The van der Waals surface area contributed by atoms with Crippen LogP contribution < -0.4 is 4.90 Å². The summed E-state index contributed by atoms with van der Waals surface area (Å²) in [5.41, 5.74) is 22.7. The molecule has 0 spiro atoms. The van der Waals surface area contributed by atoms with Gasteiger partial charge in [0.2, 0.25) is 0 Å². The van der Waals surface area contributed by atoms with E-state index in [1.165, 1.54) is 110 Å². The highest BCUT2D eigenvalue weighted by molar-refractivity contribution is 6.13. The van der Waals surface area contributed by atoms with E-state index in [4.69, 9.17) is 0 Å². The van der Waals surface area contributed by atoms with Crippen molar-refractivity contribution < 1.29 is 0 Å². The van der Waals surface area contributed by atoms with Crippen molar-refractivity contribution in [1.29, 1.82) is 0 Å². The van der Waals surface area contributed by atoms with Gasteiger partial charge < -0.3 is 14.0 Å². The fourth-order valence-electron chi connectivity index (χ4n) is 12.6. The predicted molar refractivity (Wildman–Crippen MR) is 321 cm³/mol. The summed E-state index contributed by atoms with van der Waals surface area (Å²) in [7, 11) is 0. The number of anilines is 3. The Morgan fingerprint density at radius 3 is 1.36 bits per heavy atom. The minimum Gasteiger partial charge on any atom is -0.310 e. The quantitative estimate of drug-likeness (QED) is 0.148. The van der Waals surface area contributed by atoms with E-state index in [1.54, 1.807) is 0 Å². The Labute approximate surface area is 442 Å². The van der Waals surface area contributed by atoms with Gasteiger partial charge in [-0.05, 0) is 134 Å². The maximum absolute atomic E-state index is 2.48. The van der Waals surface area contributed by atoms with Gasteiger partial charge in [0.25, 0.3) is 0 Å². The molecule has 0 bridgehead atoms. The van der Waals surface area contributed by atoms with Gasteiger partial charge in [-0.3, -0.25) is 0 Å². The third kappa shape index (κ3) is 6.82.